The van der Waals surface area contributed by atoms with Crippen LogP contribution in [0.3, 0.4) is 0 Å². The van der Waals surface area contributed by atoms with Crippen molar-refractivity contribution >= 4 is 5.95 Å². The van der Waals surface area contributed by atoms with E-state index in [1.807, 2.05) is 19.2 Å². The van der Waals surface area contributed by atoms with Crippen LogP contribution < -0.4 is 4.90 Å². The number of aromatic nitrogens is 2. The second-order valence-corrected chi connectivity index (χ2v) is 5.69. The standard InChI is InChI=1S/C14H21N3/c1-12-4-9-15-13(16-12)17-10-7-14(8-11-17)5-2-3-6-14/h4,9H,2-3,5-8,10-11H2,1H3. The molecule has 1 aliphatic heterocycles. The maximum atomic E-state index is 4.53. The molecule has 0 N–H and O–H groups in total. The van der Waals surface area contributed by atoms with Crippen LogP contribution in [-0.4, -0.2) is 23.1 Å². The van der Waals surface area contributed by atoms with Gasteiger partial charge in [-0.2, -0.15) is 0 Å². The van der Waals surface area contributed by atoms with Crippen LogP contribution in [0.5, 0.6) is 0 Å². The molecule has 2 heterocycles. The van der Waals surface area contributed by atoms with Gasteiger partial charge >= 0.3 is 0 Å². The maximum Gasteiger partial charge on any atom is 0.225 e. The molecule has 1 saturated heterocycles. The molecule has 0 unspecified atom stereocenters. The Kier molecular flexibility index (Phi) is 2.77. The van der Waals surface area contributed by atoms with Crippen molar-refractivity contribution in [2.24, 2.45) is 5.41 Å². The lowest BCUT2D eigenvalue weighted by Gasteiger charge is -2.39. The van der Waals surface area contributed by atoms with Gasteiger partial charge in [0, 0.05) is 25.0 Å². The molecule has 1 aromatic heterocycles. The molecule has 1 spiro atoms. The molecule has 17 heavy (non-hydrogen) atoms. The van der Waals surface area contributed by atoms with E-state index < -0.39 is 0 Å². The van der Waals surface area contributed by atoms with E-state index in [9.17, 15) is 0 Å². The van der Waals surface area contributed by atoms with Crippen LogP contribution in [0.1, 0.15) is 44.2 Å². The van der Waals surface area contributed by atoms with Crippen LogP contribution >= 0.6 is 0 Å². The summed E-state index contributed by atoms with van der Waals surface area (Å²) in [5.41, 5.74) is 1.75. The normalized spacial score (nSPS) is 23.2. The lowest BCUT2D eigenvalue weighted by Crippen LogP contribution is -2.39. The van der Waals surface area contributed by atoms with Crippen LogP contribution in [0.25, 0.3) is 0 Å². The summed E-state index contributed by atoms with van der Waals surface area (Å²) in [5, 5.41) is 0. The summed E-state index contributed by atoms with van der Waals surface area (Å²) in [5.74, 6) is 0.929. The van der Waals surface area contributed by atoms with Crippen LogP contribution in [0.2, 0.25) is 0 Å². The lowest BCUT2D eigenvalue weighted by molar-refractivity contribution is 0.225. The largest absolute Gasteiger partial charge is 0.341 e. The first-order chi connectivity index (χ1) is 8.27. The van der Waals surface area contributed by atoms with Crippen LogP contribution in [0.15, 0.2) is 12.3 Å². The van der Waals surface area contributed by atoms with E-state index in [2.05, 4.69) is 14.9 Å². The first-order valence-electron chi connectivity index (χ1n) is 6.82. The predicted molar refractivity (Wildman–Crippen MR) is 69.1 cm³/mol. The van der Waals surface area contributed by atoms with Gasteiger partial charge in [0.15, 0.2) is 0 Å². The van der Waals surface area contributed by atoms with Gasteiger partial charge in [0.2, 0.25) is 5.95 Å². The summed E-state index contributed by atoms with van der Waals surface area (Å²) in [6, 6.07) is 1.96. The molecular weight excluding hydrogens is 210 g/mol. The highest BCUT2D eigenvalue weighted by Gasteiger charge is 2.37. The van der Waals surface area contributed by atoms with Crippen molar-refractivity contribution in [2.45, 2.75) is 45.4 Å². The van der Waals surface area contributed by atoms with E-state index in [1.165, 1.54) is 38.5 Å². The van der Waals surface area contributed by atoms with Crippen molar-refractivity contribution in [3.05, 3.63) is 18.0 Å². The van der Waals surface area contributed by atoms with Gasteiger partial charge in [-0.05, 0) is 44.1 Å². The summed E-state index contributed by atoms with van der Waals surface area (Å²) < 4.78 is 0. The van der Waals surface area contributed by atoms with E-state index in [4.69, 9.17) is 0 Å². The number of nitrogens with zero attached hydrogens (tertiary/aromatic N) is 3. The molecule has 1 saturated carbocycles. The van der Waals surface area contributed by atoms with Gasteiger partial charge in [-0.25, -0.2) is 9.97 Å². The summed E-state index contributed by atoms with van der Waals surface area (Å²) in [7, 11) is 0. The summed E-state index contributed by atoms with van der Waals surface area (Å²) in [4.78, 5) is 11.3. The third-order valence-electron chi connectivity index (χ3n) is 4.55. The summed E-state index contributed by atoms with van der Waals surface area (Å²) >= 11 is 0. The maximum absolute atomic E-state index is 4.53. The van der Waals surface area contributed by atoms with Crippen molar-refractivity contribution in [1.82, 2.24) is 9.97 Å². The number of aryl methyl sites for hydroxylation is 1. The fourth-order valence-electron chi connectivity index (χ4n) is 3.39. The predicted octanol–water partition coefficient (Wildman–Crippen LogP) is 2.95. The highest BCUT2D eigenvalue weighted by atomic mass is 15.3. The van der Waals surface area contributed by atoms with Gasteiger partial charge in [0.1, 0.15) is 0 Å². The number of anilines is 1. The molecule has 0 amide bonds. The molecule has 2 fully saturated rings. The van der Waals surface area contributed by atoms with Crippen LogP contribution in [0.4, 0.5) is 5.95 Å². The molecule has 3 nitrogen and oxygen atoms in total. The fraction of sp³-hybridized carbons (Fsp3) is 0.714. The van der Waals surface area contributed by atoms with Crippen molar-refractivity contribution in [1.29, 1.82) is 0 Å². The quantitative estimate of drug-likeness (QED) is 0.744. The number of piperidine rings is 1. The van der Waals surface area contributed by atoms with E-state index in [-0.39, 0.29) is 0 Å². The minimum absolute atomic E-state index is 0.681. The average molecular weight is 231 g/mol. The van der Waals surface area contributed by atoms with Gasteiger partial charge in [-0.15, -0.1) is 0 Å². The number of rotatable bonds is 1. The molecule has 2 aliphatic rings. The minimum atomic E-state index is 0.681. The SMILES string of the molecule is Cc1ccnc(N2CCC3(CCCC3)CC2)n1. The monoisotopic (exact) mass is 231 g/mol. The molecule has 0 aromatic carbocycles. The topological polar surface area (TPSA) is 29.0 Å². The van der Waals surface area contributed by atoms with E-state index in [0.29, 0.717) is 5.41 Å². The first-order valence-corrected chi connectivity index (χ1v) is 6.82. The second kappa shape index (κ2) is 4.28. The Balaban J connectivity index is 1.68. The van der Waals surface area contributed by atoms with E-state index in [0.717, 1.165) is 24.7 Å². The Labute approximate surface area is 103 Å². The van der Waals surface area contributed by atoms with Gasteiger partial charge in [0.05, 0.1) is 0 Å². The molecule has 0 radical (unpaired) electrons. The Morgan fingerprint density at radius 1 is 1.12 bits per heavy atom. The smallest absolute Gasteiger partial charge is 0.225 e. The van der Waals surface area contributed by atoms with E-state index >= 15 is 0 Å². The third-order valence-corrected chi connectivity index (χ3v) is 4.55. The van der Waals surface area contributed by atoms with Crippen molar-refractivity contribution in [3.8, 4) is 0 Å². The zero-order valence-corrected chi connectivity index (χ0v) is 10.7. The third kappa shape index (κ3) is 2.15. The van der Waals surface area contributed by atoms with Crippen molar-refractivity contribution in [3.63, 3.8) is 0 Å². The Hall–Kier alpha value is -1.12. The molecule has 1 aliphatic carbocycles. The second-order valence-electron chi connectivity index (χ2n) is 5.69. The molecule has 0 bridgehead atoms. The fourth-order valence-corrected chi connectivity index (χ4v) is 3.39. The van der Waals surface area contributed by atoms with Crippen LogP contribution in [-0.2, 0) is 0 Å². The molecule has 92 valence electrons. The zero-order chi connectivity index (χ0) is 11.7. The Morgan fingerprint density at radius 3 is 2.47 bits per heavy atom. The molecule has 1 aromatic rings. The van der Waals surface area contributed by atoms with Gasteiger partial charge < -0.3 is 4.90 Å². The van der Waals surface area contributed by atoms with E-state index in [1.54, 1.807) is 0 Å². The minimum Gasteiger partial charge on any atom is -0.341 e. The van der Waals surface area contributed by atoms with Crippen molar-refractivity contribution < 1.29 is 0 Å². The van der Waals surface area contributed by atoms with Crippen molar-refractivity contribution in [2.75, 3.05) is 18.0 Å². The van der Waals surface area contributed by atoms with Gasteiger partial charge in [-0.1, -0.05) is 12.8 Å². The summed E-state index contributed by atoms with van der Waals surface area (Å²) in [6.45, 7) is 4.32. The van der Waals surface area contributed by atoms with Gasteiger partial charge in [-0.3, -0.25) is 0 Å². The molecule has 3 heteroatoms. The highest BCUT2D eigenvalue weighted by Crippen LogP contribution is 2.46. The molecule has 0 atom stereocenters. The summed E-state index contributed by atoms with van der Waals surface area (Å²) in [6.07, 6.45) is 10.3. The molecular formula is C14H21N3. The lowest BCUT2D eigenvalue weighted by atomic mass is 9.77. The Morgan fingerprint density at radius 2 is 1.82 bits per heavy atom. The number of hydrogen-bond donors (Lipinski definition) is 0. The number of hydrogen-bond acceptors (Lipinski definition) is 3. The average Bonchev–Trinajstić information content (AvgIpc) is 2.79. The van der Waals surface area contributed by atoms with Gasteiger partial charge in [0.25, 0.3) is 0 Å². The molecule has 3 rings (SSSR count). The Bertz CT molecular complexity index is 386. The zero-order valence-electron chi connectivity index (χ0n) is 10.7. The van der Waals surface area contributed by atoms with Crippen LogP contribution in [0, 0.1) is 12.3 Å². The first kappa shape index (κ1) is 11.0. The highest BCUT2D eigenvalue weighted by molar-refractivity contribution is 5.31.